The fourth-order valence-electron chi connectivity index (χ4n) is 2.23. The highest BCUT2D eigenvalue weighted by molar-refractivity contribution is 5.49. The largest absolute Gasteiger partial charge is 0.496 e. The van der Waals surface area contributed by atoms with Gasteiger partial charge in [0.1, 0.15) is 11.5 Å². The Labute approximate surface area is 118 Å². The molecule has 2 N–H and O–H groups in total. The number of aromatic nitrogens is 3. The molecule has 0 aliphatic rings. The average molecular weight is 276 g/mol. The van der Waals surface area contributed by atoms with Crippen LogP contribution in [0.4, 0.5) is 0 Å². The minimum absolute atomic E-state index is 0.400. The van der Waals surface area contributed by atoms with E-state index >= 15 is 0 Å². The number of hydrogen-bond acceptors (Lipinski definition) is 5. The Balaban J connectivity index is 2.46. The van der Waals surface area contributed by atoms with Crippen molar-refractivity contribution in [2.75, 3.05) is 14.2 Å². The Morgan fingerprint density at radius 2 is 1.90 bits per heavy atom. The zero-order valence-corrected chi connectivity index (χ0v) is 12.0. The van der Waals surface area contributed by atoms with Gasteiger partial charge in [0.2, 0.25) is 0 Å². The molecule has 0 spiro atoms. The van der Waals surface area contributed by atoms with Crippen LogP contribution in [-0.2, 0) is 6.54 Å². The van der Waals surface area contributed by atoms with E-state index in [1.807, 2.05) is 22.9 Å². The first-order chi connectivity index (χ1) is 9.72. The molecule has 20 heavy (non-hydrogen) atoms. The normalized spacial score (nSPS) is 12.2. The molecule has 0 saturated carbocycles. The van der Waals surface area contributed by atoms with Gasteiger partial charge in [0.25, 0.3) is 0 Å². The number of hydrogen-bond donors (Lipinski definition) is 1. The monoisotopic (exact) mass is 276 g/mol. The molecule has 1 aromatic heterocycles. The van der Waals surface area contributed by atoms with E-state index in [-0.39, 0.29) is 0 Å². The van der Waals surface area contributed by atoms with Gasteiger partial charge in [-0.2, -0.15) is 0 Å². The van der Waals surface area contributed by atoms with E-state index in [1.54, 1.807) is 20.4 Å². The molecule has 0 saturated heterocycles. The lowest BCUT2D eigenvalue weighted by atomic mass is 10.0. The third-order valence-electron chi connectivity index (χ3n) is 3.18. The van der Waals surface area contributed by atoms with Gasteiger partial charge in [-0.3, -0.25) is 0 Å². The van der Waals surface area contributed by atoms with Gasteiger partial charge in [-0.15, -0.1) is 5.10 Å². The van der Waals surface area contributed by atoms with Gasteiger partial charge in [-0.05, 0) is 18.6 Å². The first-order valence-corrected chi connectivity index (χ1v) is 6.57. The average Bonchev–Trinajstić information content (AvgIpc) is 2.94. The van der Waals surface area contributed by atoms with Crippen LogP contribution >= 0.6 is 0 Å². The van der Waals surface area contributed by atoms with Crippen molar-refractivity contribution in [2.24, 2.45) is 5.73 Å². The molecule has 108 valence electrons. The summed E-state index contributed by atoms with van der Waals surface area (Å²) in [6.45, 7) is 2.86. The highest BCUT2D eigenvalue weighted by atomic mass is 16.5. The van der Waals surface area contributed by atoms with Crippen molar-refractivity contribution in [3.8, 4) is 11.5 Å². The van der Waals surface area contributed by atoms with Crippen molar-refractivity contribution in [1.82, 2.24) is 15.0 Å². The van der Waals surface area contributed by atoms with Gasteiger partial charge in [0, 0.05) is 6.54 Å². The van der Waals surface area contributed by atoms with Crippen LogP contribution in [0.1, 0.15) is 30.6 Å². The van der Waals surface area contributed by atoms with Crippen LogP contribution in [-0.4, -0.2) is 29.2 Å². The van der Waals surface area contributed by atoms with Crippen LogP contribution in [0.3, 0.4) is 0 Å². The van der Waals surface area contributed by atoms with Gasteiger partial charge in [0.15, 0.2) is 0 Å². The highest BCUT2D eigenvalue weighted by Gasteiger charge is 2.22. The summed E-state index contributed by atoms with van der Waals surface area (Å²) in [5, 5.41) is 8.02. The Bertz CT molecular complexity index is 546. The molecule has 6 heteroatoms. The predicted molar refractivity (Wildman–Crippen MR) is 75.9 cm³/mol. The van der Waals surface area contributed by atoms with E-state index in [1.165, 1.54) is 0 Å². The Kier molecular flexibility index (Phi) is 4.57. The molecule has 1 atom stereocenters. The van der Waals surface area contributed by atoms with Crippen molar-refractivity contribution in [1.29, 1.82) is 0 Å². The van der Waals surface area contributed by atoms with Crippen molar-refractivity contribution in [2.45, 2.75) is 25.9 Å². The Morgan fingerprint density at radius 1 is 1.25 bits per heavy atom. The second kappa shape index (κ2) is 6.38. The molecular formula is C14H20N4O2. The molecule has 2 aromatic rings. The number of methoxy groups -OCH3 is 2. The molecule has 0 fully saturated rings. The second-order valence-electron chi connectivity index (χ2n) is 4.44. The fraction of sp³-hybridized carbons (Fsp3) is 0.429. The SMILES string of the molecule is CCCn1nncc1C(N)c1c(OC)cccc1OC. The molecule has 1 aromatic carbocycles. The van der Waals surface area contributed by atoms with E-state index in [4.69, 9.17) is 15.2 Å². The van der Waals surface area contributed by atoms with E-state index in [0.29, 0.717) is 11.5 Å². The summed E-state index contributed by atoms with van der Waals surface area (Å²) in [7, 11) is 3.24. The number of aryl methyl sites for hydroxylation is 1. The zero-order valence-electron chi connectivity index (χ0n) is 12.0. The lowest BCUT2D eigenvalue weighted by Gasteiger charge is -2.19. The molecule has 0 bridgehead atoms. The summed E-state index contributed by atoms with van der Waals surface area (Å²) in [5.74, 6) is 1.39. The smallest absolute Gasteiger partial charge is 0.127 e. The maximum absolute atomic E-state index is 6.38. The minimum Gasteiger partial charge on any atom is -0.496 e. The molecule has 1 heterocycles. The topological polar surface area (TPSA) is 75.2 Å². The van der Waals surface area contributed by atoms with Crippen LogP contribution in [0, 0.1) is 0 Å². The van der Waals surface area contributed by atoms with Gasteiger partial charge in [-0.1, -0.05) is 18.2 Å². The zero-order chi connectivity index (χ0) is 14.5. The number of nitrogens with zero attached hydrogens (tertiary/aromatic N) is 3. The molecule has 0 aliphatic carbocycles. The van der Waals surface area contributed by atoms with Crippen LogP contribution in [0.25, 0.3) is 0 Å². The van der Waals surface area contributed by atoms with Crippen molar-refractivity contribution in [3.05, 3.63) is 35.7 Å². The van der Waals surface area contributed by atoms with Crippen molar-refractivity contribution in [3.63, 3.8) is 0 Å². The van der Waals surface area contributed by atoms with E-state index < -0.39 is 6.04 Å². The lowest BCUT2D eigenvalue weighted by molar-refractivity contribution is 0.380. The summed E-state index contributed by atoms with van der Waals surface area (Å²) in [5.41, 5.74) is 8.03. The third kappa shape index (κ3) is 2.60. The predicted octanol–water partition coefficient (Wildman–Crippen LogP) is 1.75. The maximum atomic E-state index is 6.38. The highest BCUT2D eigenvalue weighted by Crippen LogP contribution is 2.35. The quantitative estimate of drug-likeness (QED) is 0.870. The van der Waals surface area contributed by atoms with Gasteiger partial charge >= 0.3 is 0 Å². The number of nitrogens with two attached hydrogens (primary N) is 1. The fourth-order valence-corrected chi connectivity index (χ4v) is 2.23. The van der Waals surface area contributed by atoms with Crippen LogP contribution < -0.4 is 15.2 Å². The number of benzene rings is 1. The van der Waals surface area contributed by atoms with E-state index in [9.17, 15) is 0 Å². The molecular weight excluding hydrogens is 256 g/mol. The lowest BCUT2D eigenvalue weighted by Crippen LogP contribution is -2.19. The van der Waals surface area contributed by atoms with Crippen molar-refractivity contribution >= 4 is 0 Å². The number of ether oxygens (including phenoxy) is 2. The van der Waals surface area contributed by atoms with E-state index in [2.05, 4.69) is 17.2 Å². The second-order valence-corrected chi connectivity index (χ2v) is 4.44. The van der Waals surface area contributed by atoms with Crippen LogP contribution in [0.5, 0.6) is 11.5 Å². The molecule has 1 unspecified atom stereocenters. The summed E-state index contributed by atoms with van der Waals surface area (Å²) < 4.78 is 12.6. The molecule has 6 nitrogen and oxygen atoms in total. The molecule has 2 rings (SSSR count). The summed E-state index contributed by atoms with van der Waals surface area (Å²) in [6.07, 6.45) is 2.65. The van der Waals surface area contributed by atoms with Gasteiger partial charge in [0.05, 0.1) is 37.7 Å². The summed E-state index contributed by atoms with van der Waals surface area (Å²) >= 11 is 0. The number of rotatable bonds is 6. The van der Waals surface area contributed by atoms with Gasteiger partial charge < -0.3 is 15.2 Å². The first kappa shape index (κ1) is 14.3. The molecule has 0 aliphatic heterocycles. The third-order valence-corrected chi connectivity index (χ3v) is 3.18. The summed E-state index contributed by atoms with van der Waals surface area (Å²) in [4.78, 5) is 0. The van der Waals surface area contributed by atoms with E-state index in [0.717, 1.165) is 24.2 Å². The Hall–Kier alpha value is -2.08. The summed E-state index contributed by atoms with van der Waals surface area (Å²) in [6, 6.07) is 5.20. The van der Waals surface area contributed by atoms with Gasteiger partial charge in [-0.25, -0.2) is 4.68 Å². The van der Waals surface area contributed by atoms with Crippen LogP contribution in [0.15, 0.2) is 24.4 Å². The molecule has 0 radical (unpaired) electrons. The van der Waals surface area contributed by atoms with Crippen molar-refractivity contribution < 1.29 is 9.47 Å². The first-order valence-electron chi connectivity index (χ1n) is 6.57. The standard InChI is InChI=1S/C14H20N4O2/c1-4-8-18-10(9-16-17-18)14(15)13-11(19-2)6-5-7-12(13)20-3/h5-7,9,14H,4,8,15H2,1-3H3. The maximum Gasteiger partial charge on any atom is 0.127 e. The van der Waals surface area contributed by atoms with Crippen LogP contribution in [0.2, 0.25) is 0 Å². The minimum atomic E-state index is -0.400. The molecule has 0 amide bonds. The Morgan fingerprint density at radius 3 is 2.45 bits per heavy atom.